The summed E-state index contributed by atoms with van der Waals surface area (Å²) in [7, 11) is 0. The minimum Gasteiger partial charge on any atom is -0.309 e. The van der Waals surface area contributed by atoms with Gasteiger partial charge in [-0.1, -0.05) is 29.8 Å². The fourth-order valence-electron chi connectivity index (χ4n) is 2.63. The van der Waals surface area contributed by atoms with E-state index in [0.717, 1.165) is 29.0 Å². The van der Waals surface area contributed by atoms with Crippen molar-refractivity contribution in [2.75, 3.05) is 5.32 Å². The van der Waals surface area contributed by atoms with Gasteiger partial charge in [-0.25, -0.2) is 13.8 Å². The smallest absolute Gasteiger partial charge is 0.258 e. The minimum absolute atomic E-state index is 0.0281. The van der Waals surface area contributed by atoms with Crippen molar-refractivity contribution in [2.24, 2.45) is 4.99 Å². The van der Waals surface area contributed by atoms with Gasteiger partial charge in [-0.05, 0) is 51.5 Å². The van der Waals surface area contributed by atoms with Crippen molar-refractivity contribution in [1.82, 2.24) is 15.5 Å². The van der Waals surface area contributed by atoms with Crippen LogP contribution < -0.4 is 10.6 Å². The lowest BCUT2D eigenvalue weighted by atomic mass is 10.1. The van der Waals surface area contributed by atoms with Crippen LogP contribution in [0, 0.1) is 18.6 Å². The van der Waals surface area contributed by atoms with Crippen molar-refractivity contribution in [3.8, 4) is 11.3 Å². The van der Waals surface area contributed by atoms with Gasteiger partial charge in [0.15, 0.2) is 17.5 Å². The Morgan fingerprint density at radius 1 is 1.03 bits per heavy atom. The molecule has 3 rings (SSSR count). The van der Waals surface area contributed by atoms with Gasteiger partial charge in [0.1, 0.15) is 0 Å². The highest BCUT2D eigenvalue weighted by molar-refractivity contribution is 6.09. The molecule has 0 atom stereocenters. The standard InChI is InChI=1S/C22H23F2N5O/c1-13-5-7-14(8-6-13)18-12-19(29-28-18)25-21(27-22(2,3)4)26-20(30)15-9-10-16(23)17(24)11-15/h5-12H,1-4H3,(H3,25,26,27,28,29,30). The third kappa shape index (κ3) is 5.50. The molecule has 0 aliphatic carbocycles. The number of aryl methyl sites for hydroxylation is 1. The molecule has 0 aliphatic rings. The molecule has 0 aliphatic heterocycles. The van der Waals surface area contributed by atoms with Crippen molar-refractivity contribution in [3.63, 3.8) is 0 Å². The number of H-pyrrole nitrogens is 1. The highest BCUT2D eigenvalue weighted by Gasteiger charge is 2.16. The zero-order valence-corrected chi connectivity index (χ0v) is 17.2. The number of carbonyl (C=O) groups is 1. The normalized spacial score (nSPS) is 12.0. The summed E-state index contributed by atoms with van der Waals surface area (Å²) in [6.07, 6.45) is 0. The average Bonchev–Trinajstić information content (AvgIpc) is 3.11. The second-order valence-corrected chi connectivity index (χ2v) is 7.87. The quantitative estimate of drug-likeness (QED) is 0.433. The molecule has 1 heterocycles. The van der Waals surface area contributed by atoms with Gasteiger partial charge in [0.25, 0.3) is 5.91 Å². The van der Waals surface area contributed by atoms with Crippen LogP contribution in [-0.4, -0.2) is 27.6 Å². The predicted octanol–water partition coefficient (Wildman–Crippen LogP) is 4.66. The topological polar surface area (TPSA) is 82.2 Å². The van der Waals surface area contributed by atoms with E-state index in [1.54, 1.807) is 6.07 Å². The molecule has 0 bridgehead atoms. The Morgan fingerprint density at radius 2 is 1.73 bits per heavy atom. The van der Waals surface area contributed by atoms with E-state index in [4.69, 9.17) is 0 Å². The van der Waals surface area contributed by atoms with Crippen LogP contribution in [0.3, 0.4) is 0 Å². The maximum Gasteiger partial charge on any atom is 0.258 e. The lowest BCUT2D eigenvalue weighted by Gasteiger charge is -2.17. The molecular weight excluding hydrogens is 388 g/mol. The second kappa shape index (κ2) is 8.44. The number of nitrogens with zero attached hydrogens (tertiary/aromatic N) is 2. The Morgan fingerprint density at radius 3 is 2.37 bits per heavy atom. The number of halogens is 2. The van der Waals surface area contributed by atoms with E-state index in [9.17, 15) is 13.6 Å². The van der Waals surface area contributed by atoms with E-state index in [-0.39, 0.29) is 11.5 Å². The Hall–Kier alpha value is -3.55. The minimum atomic E-state index is -1.10. The summed E-state index contributed by atoms with van der Waals surface area (Å²) in [5.74, 6) is -2.16. The average molecular weight is 411 g/mol. The number of aromatic amines is 1. The number of hydrogen-bond donors (Lipinski definition) is 3. The highest BCUT2D eigenvalue weighted by Crippen LogP contribution is 2.20. The fraction of sp³-hybridized carbons (Fsp3) is 0.227. The summed E-state index contributed by atoms with van der Waals surface area (Å²) in [6.45, 7) is 7.59. The van der Waals surface area contributed by atoms with Crippen molar-refractivity contribution < 1.29 is 13.6 Å². The Balaban J connectivity index is 1.81. The summed E-state index contributed by atoms with van der Waals surface area (Å²) in [5.41, 5.74) is 2.36. The van der Waals surface area contributed by atoms with Gasteiger partial charge in [0.2, 0.25) is 5.96 Å². The van der Waals surface area contributed by atoms with Crippen LogP contribution in [0.2, 0.25) is 0 Å². The number of amides is 1. The third-order valence-corrected chi connectivity index (χ3v) is 4.05. The van der Waals surface area contributed by atoms with Crippen LogP contribution in [0.25, 0.3) is 11.3 Å². The molecule has 30 heavy (non-hydrogen) atoms. The molecule has 3 N–H and O–H groups in total. The molecule has 3 aromatic rings. The molecule has 1 amide bonds. The molecule has 0 unspecified atom stereocenters. The van der Waals surface area contributed by atoms with E-state index in [1.807, 2.05) is 52.0 Å². The van der Waals surface area contributed by atoms with Gasteiger partial charge in [-0.15, -0.1) is 0 Å². The molecule has 1 aromatic heterocycles. The SMILES string of the molecule is Cc1ccc(-c2cc(NC(=NC(C)(C)C)NC(=O)c3ccc(F)c(F)c3)n[nH]2)cc1. The maximum atomic E-state index is 13.5. The summed E-state index contributed by atoms with van der Waals surface area (Å²) in [5, 5.41) is 12.7. The Kier molecular flexibility index (Phi) is 5.96. The summed E-state index contributed by atoms with van der Waals surface area (Å²) in [6, 6.07) is 12.7. The first-order valence-corrected chi connectivity index (χ1v) is 9.36. The van der Waals surface area contributed by atoms with Crippen LogP contribution >= 0.6 is 0 Å². The molecule has 6 nitrogen and oxygen atoms in total. The number of carbonyl (C=O) groups excluding carboxylic acids is 1. The third-order valence-electron chi connectivity index (χ3n) is 4.05. The molecule has 8 heteroatoms. The number of hydrogen-bond acceptors (Lipinski definition) is 3. The van der Waals surface area contributed by atoms with E-state index in [1.165, 1.54) is 6.07 Å². The van der Waals surface area contributed by atoms with E-state index in [0.29, 0.717) is 5.82 Å². The van der Waals surface area contributed by atoms with Crippen LogP contribution in [-0.2, 0) is 0 Å². The summed E-state index contributed by atoms with van der Waals surface area (Å²) >= 11 is 0. The predicted molar refractivity (Wildman–Crippen MR) is 113 cm³/mol. The van der Waals surface area contributed by atoms with Gasteiger partial charge < -0.3 is 5.32 Å². The number of aliphatic imine (C=N–C) groups is 1. The molecule has 156 valence electrons. The highest BCUT2D eigenvalue weighted by atomic mass is 19.2. The van der Waals surface area contributed by atoms with Crippen LogP contribution in [0.1, 0.15) is 36.7 Å². The van der Waals surface area contributed by atoms with Crippen molar-refractivity contribution in [3.05, 3.63) is 71.3 Å². The molecule has 0 radical (unpaired) electrons. The zero-order chi connectivity index (χ0) is 21.9. The second-order valence-electron chi connectivity index (χ2n) is 7.87. The maximum absolute atomic E-state index is 13.5. The number of benzene rings is 2. The van der Waals surface area contributed by atoms with Crippen LogP contribution in [0.5, 0.6) is 0 Å². The molecule has 0 saturated heterocycles. The number of anilines is 1. The summed E-state index contributed by atoms with van der Waals surface area (Å²) < 4.78 is 26.6. The first kappa shape index (κ1) is 21.2. The molecule has 2 aromatic carbocycles. The summed E-state index contributed by atoms with van der Waals surface area (Å²) in [4.78, 5) is 17.0. The van der Waals surface area contributed by atoms with Crippen molar-refractivity contribution in [1.29, 1.82) is 0 Å². The monoisotopic (exact) mass is 411 g/mol. The van der Waals surface area contributed by atoms with Gasteiger partial charge in [0.05, 0.1) is 11.2 Å². The van der Waals surface area contributed by atoms with E-state index >= 15 is 0 Å². The molecule has 0 saturated carbocycles. The Bertz CT molecular complexity index is 1080. The largest absolute Gasteiger partial charge is 0.309 e. The zero-order valence-electron chi connectivity index (χ0n) is 17.2. The number of rotatable bonds is 3. The van der Waals surface area contributed by atoms with Crippen LogP contribution in [0.15, 0.2) is 53.5 Å². The van der Waals surface area contributed by atoms with Gasteiger partial charge in [0, 0.05) is 11.6 Å². The first-order valence-electron chi connectivity index (χ1n) is 9.36. The number of aromatic nitrogens is 2. The molecular formula is C22H23F2N5O. The lowest BCUT2D eigenvalue weighted by molar-refractivity contribution is 0.0976. The van der Waals surface area contributed by atoms with Gasteiger partial charge in [-0.2, -0.15) is 5.10 Å². The Labute approximate surface area is 173 Å². The lowest BCUT2D eigenvalue weighted by Crippen LogP contribution is -2.38. The van der Waals surface area contributed by atoms with E-state index in [2.05, 4.69) is 25.8 Å². The van der Waals surface area contributed by atoms with Gasteiger partial charge >= 0.3 is 0 Å². The molecule has 0 spiro atoms. The van der Waals surface area contributed by atoms with Crippen LogP contribution in [0.4, 0.5) is 14.6 Å². The van der Waals surface area contributed by atoms with E-state index < -0.39 is 23.1 Å². The number of nitrogens with one attached hydrogen (secondary N) is 3. The van der Waals surface area contributed by atoms with Crippen molar-refractivity contribution >= 4 is 17.7 Å². The first-order chi connectivity index (χ1) is 14.1. The molecule has 0 fully saturated rings. The van der Waals surface area contributed by atoms with Crippen molar-refractivity contribution in [2.45, 2.75) is 33.2 Å². The fourth-order valence-corrected chi connectivity index (χ4v) is 2.63. The number of guanidine groups is 1. The van der Waals surface area contributed by atoms with Gasteiger partial charge in [-0.3, -0.25) is 15.2 Å².